The van der Waals surface area contributed by atoms with E-state index in [1.54, 1.807) is 6.20 Å². The molecule has 0 N–H and O–H groups in total. The van der Waals surface area contributed by atoms with Gasteiger partial charge in [0, 0.05) is 18.4 Å². The van der Waals surface area contributed by atoms with E-state index in [-0.39, 0.29) is 0 Å². The van der Waals surface area contributed by atoms with Crippen LogP contribution in [-0.4, -0.2) is 19.7 Å². The van der Waals surface area contributed by atoms with Gasteiger partial charge in [0.2, 0.25) is 0 Å². The van der Waals surface area contributed by atoms with Crippen molar-refractivity contribution in [3.05, 3.63) is 48.2 Å². The van der Waals surface area contributed by atoms with Crippen molar-refractivity contribution in [1.29, 1.82) is 0 Å². The molecule has 0 saturated carbocycles. The maximum absolute atomic E-state index is 5.88. The summed E-state index contributed by atoms with van der Waals surface area (Å²) in [5.74, 6) is 2.77. The van der Waals surface area contributed by atoms with Crippen LogP contribution in [0.4, 0.5) is 0 Å². The van der Waals surface area contributed by atoms with Gasteiger partial charge in [-0.1, -0.05) is 24.6 Å². The Labute approximate surface area is 129 Å². The Morgan fingerprint density at radius 3 is 3.05 bits per heavy atom. The lowest BCUT2D eigenvalue weighted by Crippen LogP contribution is -2.09. The topological polar surface area (TPSA) is 52.8 Å². The number of pyridine rings is 1. The number of benzene rings is 1. The molecule has 3 aromatic rings. The van der Waals surface area contributed by atoms with E-state index in [0.29, 0.717) is 6.61 Å². The highest BCUT2D eigenvalue weighted by atomic mass is 16.5. The highest BCUT2D eigenvalue weighted by Crippen LogP contribution is 2.20. The molecule has 1 aliphatic heterocycles. The molecule has 5 heteroatoms. The maximum Gasteiger partial charge on any atom is 0.171 e. The number of aryl methyl sites for hydroxylation is 1. The van der Waals surface area contributed by atoms with Crippen molar-refractivity contribution in [2.45, 2.75) is 38.8 Å². The number of hydrogen-bond acceptors (Lipinski definition) is 4. The fourth-order valence-corrected chi connectivity index (χ4v) is 2.93. The fourth-order valence-electron chi connectivity index (χ4n) is 2.93. The molecule has 1 aliphatic rings. The Kier molecular flexibility index (Phi) is 3.46. The molecule has 4 rings (SSSR count). The molecule has 0 spiro atoms. The summed E-state index contributed by atoms with van der Waals surface area (Å²) in [6.07, 6.45) is 6.44. The van der Waals surface area contributed by atoms with Crippen LogP contribution < -0.4 is 4.74 Å². The van der Waals surface area contributed by atoms with Crippen molar-refractivity contribution < 1.29 is 4.74 Å². The molecule has 0 atom stereocenters. The largest absolute Gasteiger partial charge is 0.484 e. The molecule has 0 aliphatic carbocycles. The highest BCUT2D eigenvalue weighted by Gasteiger charge is 2.14. The van der Waals surface area contributed by atoms with Crippen LogP contribution in [0.2, 0.25) is 0 Å². The van der Waals surface area contributed by atoms with Crippen LogP contribution in [0, 0.1) is 0 Å². The second kappa shape index (κ2) is 5.75. The Morgan fingerprint density at radius 1 is 1.09 bits per heavy atom. The molecular weight excluding hydrogens is 276 g/mol. The van der Waals surface area contributed by atoms with Crippen LogP contribution in [0.15, 0.2) is 36.5 Å². The minimum atomic E-state index is 0.438. The van der Waals surface area contributed by atoms with Crippen LogP contribution in [0.3, 0.4) is 0 Å². The van der Waals surface area contributed by atoms with Gasteiger partial charge in [-0.05, 0) is 25.0 Å². The second-order valence-corrected chi connectivity index (χ2v) is 5.65. The summed E-state index contributed by atoms with van der Waals surface area (Å²) in [5, 5.41) is 9.66. The Hall–Kier alpha value is -2.43. The lowest BCUT2D eigenvalue weighted by Gasteiger charge is -2.09. The van der Waals surface area contributed by atoms with Crippen LogP contribution in [0.5, 0.6) is 5.75 Å². The molecule has 0 bridgehead atoms. The van der Waals surface area contributed by atoms with Gasteiger partial charge >= 0.3 is 0 Å². The number of para-hydroxylation sites is 1. The van der Waals surface area contributed by atoms with E-state index in [0.717, 1.165) is 41.3 Å². The summed E-state index contributed by atoms with van der Waals surface area (Å²) >= 11 is 0. The molecule has 0 fully saturated rings. The van der Waals surface area contributed by atoms with Gasteiger partial charge in [0.25, 0.3) is 0 Å². The first kappa shape index (κ1) is 13.2. The summed E-state index contributed by atoms with van der Waals surface area (Å²) in [5.41, 5.74) is 0.978. The Balaban J connectivity index is 1.53. The minimum Gasteiger partial charge on any atom is -0.484 e. The molecular formula is C17H18N4O. The standard InChI is InChI=1S/C17H18N4O/c1-2-8-16-19-20-17(21(16)9-5-1)12-22-14-10-13-6-3-4-7-15(13)18-11-14/h3-4,6-7,10-11H,1-2,5,8-9,12H2. The van der Waals surface area contributed by atoms with Gasteiger partial charge in [0.1, 0.15) is 18.2 Å². The fraction of sp³-hybridized carbons (Fsp3) is 0.353. The summed E-state index contributed by atoms with van der Waals surface area (Å²) in [6.45, 7) is 1.43. The maximum atomic E-state index is 5.88. The first-order chi connectivity index (χ1) is 10.9. The SMILES string of the molecule is c1ccc2ncc(OCc3nnc4n3CCCCC4)cc2c1. The summed E-state index contributed by atoms with van der Waals surface area (Å²) in [6, 6.07) is 10.0. The predicted octanol–water partition coefficient (Wildman–Crippen LogP) is 3.13. The highest BCUT2D eigenvalue weighted by molar-refractivity contribution is 5.79. The molecule has 0 saturated heterocycles. The van der Waals surface area contributed by atoms with E-state index in [9.17, 15) is 0 Å². The predicted molar refractivity (Wildman–Crippen MR) is 83.7 cm³/mol. The third-order valence-corrected chi connectivity index (χ3v) is 4.12. The third kappa shape index (κ3) is 2.54. The van der Waals surface area contributed by atoms with E-state index in [1.165, 1.54) is 19.3 Å². The van der Waals surface area contributed by atoms with Gasteiger partial charge in [-0.15, -0.1) is 10.2 Å². The molecule has 2 aromatic heterocycles. The molecule has 5 nitrogen and oxygen atoms in total. The lowest BCUT2D eigenvalue weighted by molar-refractivity contribution is 0.287. The van der Waals surface area contributed by atoms with Crippen molar-refractivity contribution in [3.8, 4) is 5.75 Å². The number of hydrogen-bond donors (Lipinski definition) is 0. The normalized spacial score (nSPS) is 14.5. The van der Waals surface area contributed by atoms with E-state index < -0.39 is 0 Å². The van der Waals surface area contributed by atoms with Crippen molar-refractivity contribution in [2.24, 2.45) is 0 Å². The number of fused-ring (bicyclic) bond motifs is 2. The van der Waals surface area contributed by atoms with Gasteiger partial charge in [-0.2, -0.15) is 0 Å². The van der Waals surface area contributed by atoms with E-state index >= 15 is 0 Å². The quantitative estimate of drug-likeness (QED) is 0.744. The lowest BCUT2D eigenvalue weighted by atomic mass is 10.2. The summed E-state index contributed by atoms with van der Waals surface area (Å²) < 4.78 is 8.09. The zero-order chi connectivity index (χ0) is 14.8. The number of nitrogens with zero attached hydrogens (tertiary/aromatic N) is 4. The molecule has 0 radical (unpaired) electrons. The minimum absolute atomic E-state index is 0.438. The van der Waals surface area contributed by atoms with Crippen molar-refractivity contribution in [1.82, 2.24) is 19.7 Å². The van der Waals surface area contributed by atoms with Crippen molar-refractivity contribution in [2.75, 3.05) is 0 Å². The van der Waals surface area contributed by atoms with Crippen LogP contribution in [0.25, 0.3) is 10.9 Å². The van der Waals surface area contributed by atoms with Gasteiger partial charge in [0.05, 0.1) is 11.7 Å². The smallest absolute Gasteiger partial charge is 0.171 e. The van der Waals surface area contributed by atoms with Gasteiger partial charge in [0.15, 0.2) is 5.82 Å². The van der Waals surface area contributed by atoms with E-state index in [1.807, 2.05) is 30.3 Å². The average molecular weight is 294 g/mol. The molecule has 1 aromatic carbocycles. The second-order valence-electron chi connectivity index (χ2n) is 5.65. The molecule has 3 heterocycles. The Morgan fingerprint density at radius 2 is 2.05 bits per heavy atom. The zero-order valence-corrected chi connectivity index (χ0v) is 12.4. The molecule has 0 amide bonds. The van der Waals surface area contributed by atoms with Crippen LogP contribution in [0.1, 0.15) is 30.9 Å². The first-order valence-corrected chi connectivity index (χ1v) is 7.79. The van der Waals surface area contributed by atoms with E-state index in [4.69, 9.17) is 4.74 Å². The molecule has 112 valence electrons. The van der Waals surface area contributed by atoms with Gasteiger partial charge in [-0.25, -0.2) is 0 Å². The Bertz CT molecular complexity index is 796. The first-order valence-electron chi connectivity index (χ1n) is 7.79. The van der Waals surface area contributed by atoms with Crippen molar-refractivity contribution in [3.63, 3.8) is 0 Å². The monoisotopic (exact) mass is 294 g/mol. The van der Waals surface area contributed by atoms with Gasteiger partial charge in [-0.3, -0.25) is 4.98 Å². The zero-order valence-electron chi connectivity index (χ0n) is 12.4. The number of aromatic nitrogens is 4. The van der Waals surface area contributed by atoms with Crippen LogP contribution in [-0.2, 0) is 19.6 Å². The number of rotatable bonds is 3. The van der Waals surface area contributed by atoms with Gasteiger partial charge < -0.3 is 9.30 Å². The average Bonchev–Trinajstić information content (AvgIpc) is 2.79. The summed E-state index contributed by atoms with van der Waals surface area (Å²) in [7, 11) is 0. The van der Waals surface area contributed by atoms with E-state index in [2.05, 4.69) is 19.7 Å². The number of ether oxygens (including phenoxy) is 1. The molecule has 0 unspecified atom stereocenters. The third-order valence-electron chi connectivity index (χ3n) is 4.12. The molecule has 22 heavy (non-hydrogen) atoms. The van der Waals surface area contributed by atoms with Crippen LogP contribution >= 0.6 is 0 Å². The summed E-state index contributed by atoms with van der Waals surface area (Å²) in [4.78, 5) is 4.42. The van der Waals surface area contributed by atoms with Crippen molar-refractivity contribution >= 4 is 10.9 Å².